The second-order valence-corrected chi connectivity index (χ2v) is 5.08. The second-order valence-electron chi connectivity index (χ2n) is 4.29. The highest BCUT2D eigenvalue weighted by Gasteiger charge is 2.09. The predicted molar refractivity (Wildman–Crippen MR) is 87.8 cm³/mol. The van der Waals surface area contributed by atoms with Crippen molar-refractivity contribution < 1.29 is 4.74 Å². The van der Waals surface area contributed by atoms with Gasteiger partial charge in [0.1, 0.15) is 5.15 Å². The Hall–Kier alpha value is -1.92. The molecule has 1 heterocycles. The highest BCUT2D eigenvalue weighted by molar-refractivity contribution is 7.80. The Bertz CT molecular complexity index is 624. The van der Waals surface area contributed by atoms with Crippen LogP contribution in [0.15, 0.2) is 36.4 Å². The highest BCUT2D eigenvalue weighted by atomic mass is 35.5. The summed E-state index contributed by atoms with van der Waals surface area (Å²) >= 11 is 11.1. The number of aromatic nitrogens is 2. The minimum absolute atomic E-state index is 0.0623. The first-order valence-electron chi connectivity index (χ1n) is 6.29. The van der Waals surface area contributed by atoms with Crippen LogP contribution < -0.4 is 15.4 Å². The van der Waals surface area contributed by atoms with Gasteiger partial charge in [0.05, 0.1) is 13.2 Å². The van der Waals surface area contributed by atoms with E-state index in [0.717, 1.165) is 5.56 Å². The number of nitrogens with zero attached hydrogens (tertiary/aromatic N) is 2. The zero-order chi connectivity index (χ0) is 15.2. The normalized spacial score (nSPS) is 11.6. The van der Waals surface area contributed by atoms with E-state index >= 15 is 0 Å². The van der Waals surface area contributed by atoms with E-state index in [1.165, 1.54) is 13.2 Å². The van der Waals surface area contributed by atoms with Gasteiger partial charge in [0, 0.05) is 6.07 Å². The van der Waals surface area contributed by atoms with Crippen molar-refractivity contribution in [1.82, 2.24) is 15.3 Å². The number of halogens is 1. The molecule has 0 amide bonds. The van der Waals surface area contributed by atoms with Gasteiger partial charge in [-0.1, -0.05) is 41.9 Å². The van der Waals surface area contributed by atoms with Crippen molar-refractivity contribution in [2.24, 2.45) is 0 Å². The lowest BCUT2D eigenvalue weighted by Gasteiger charge is -2.16. The van der Waals surface area contributed by atoms with E-state index in [4.69, 9.17) is 28.6 Å². The minimum atomic E-state index is 0.0623. The summed E-state index contributed by atoms with van der Waals surface area (Å²) in [5.41, 5.74) is 1.13. The van der Waals surface area contributed by atoms with Crippen molar-refractivity contribution in [3.05, 3.63) is 47.1 Å². The molecule has 1 unspecified atom stereocenters. The van der Waals surface area contributed by atoms with Gasteiger partial charge in [-0.2, -0.15) is 4.98 Å². The molecule has 0 saturated carbocycles. The maximum absolute atomic E-state index is 5.88. The van der Waals surface area contributed by atoms with Gasteiger partial charge in [-0.15, -0.1) is 0 Å². The molecule has 0 radical (unpaired) electrons. The summed E-state index contributed by atoms with van der Waals surface area (Å²) in [7, 11) is 1.51. The molecular formula is C14H15ClN4OS. The molecule has 0 bridgehead atoms. The van der Waals surface area contributed by atoms with Crippen molar-refractivity contribution in [3.63, 3.8) is 0 Å². The molecule has 1 aromatic heterocycles. The molecule has 0 aliphatic heterocycles. The van der Waals surface area contributed by atoms with Gasteiger partial charge in [0.25, 0.3) is 0 Å². The van der Waals surface area contributed by atoms with Crippen molar-refractivity contribution in [2.75, 3.05) is 12.4 Å². The molecule has 7 heteroatoms. The van der Waals surface area contributed by atoms with Gasteiger partial charge >= 0.3 is 0 Å². The van der Waals surface area contributed by atoms with Crippen LogP contribution in [0, 0.1) is 0 Å². The van der Waals surface area contributed by atoms with Crippen molar-refractivity contribution >= 4 is 34.9 Å². The third-order valence-corrected chi connectivity index (χ3v) is 3.17. The van der Waals surface area contributed by atoms with E-state index in [1.54, 1.807) is 0 Å². The van der Waals surface area contributed by atoms with Gasteiger partial charge in [-0.25, -0.2) is 4.98 Å². The number of ether oxygens (including phenoxy) is 1. The summed E-state index contributed by atoms with van der Waals surface area (Å²) in [6, 6.07) is 11.6. The first-order chi connectivity index (χ1) is 10.1. The van der Waals surface area contributed by atoms with Gasteiger partial charge in [-0.3, -0.25) is 0 Å². The topological polar surface area (TPSA) is 59.1 Å². The zero-order valence-corrected chi connectivity index (χ0v) is 13.2. The third-order valence-electron chi connectivity index (χ3n) is 2.75. The molecule has 21 heavy (non-hydrogen) atoms. The fourth-order valence-corrected chi connectivity index (χ4v) is 2.16. The van der Waals surface area contributed by atoms with Crippen LogP contribution in [0.1, 0.15) is 18.5 Å². The first-order valence-corrected chi connectivity index (χ1v) is 7.08. The fraction of sp³-hybridized carbons (Fsp3) is 0.214. The molecule has 0 spiro atoms. The molecule has 0 saturated heterocycles. The van der Waals surface area contributed by atoms with Crippen LogP contribution in [0.2, 0.25) is 5.15 Å². The van der Waals surface area contributed by atoms with E-state index in [0.29, 0.717) is 11.0 Å². The van der Waals surface area contributed by atoms with Gasteiger partial charge in [-0.05, 0) is 24.7 Å². The van der Waals surface area contributed by atoms with Gasteiger partial charge < -0.3 is 15.4 Å². The number of methoxy groups -OCH3 is 1. The Labute approximate surface area is 133 Å². The highest BCUT2D eigenvalue weighted by Crippen LogP contribution is 2.16. The minimum Gasteiger partial charge on any atom is -0.481 e. The Morgan fingerprint density at radius 3 is 2.67 bits per heavy atom. The largest absolute Gasteiger partial charge is 0.481 e. The summed E-state index contributed by atoms with van der Waals surface area (Å²) in [6.07, 6.45) is 0. The van der Waals surface area contributed by atoms with Crippen molar-refractivity contribution in [3.8, 4) is 5.88 Å². The number of rotatable bonds is 4. The van der Waals surface area contributed by atoms with Crippen LogP contribution in [0.4, 0.5) is 5.95 Å². The summed E-state index contributed by atoms with van der Waals surface area (Å²) in [4.78, 5) is 8.15. The Morgan fingerprint density at radius 2 is 2.00 bits per heavy atom. The number of anilines is 1. The summed E-state index contributed by atoms with van der Waals surface area (Å²) in [6.45, 7) is 2.02. The number of nitrogens with one attached hydrogen (secondary N) is 2. The molecule has 0 aliphatic carbocycles. The lowest BCUT2D eigenvalue weighted by molar-refractivity contribution is 0.397. The maximum Gasteiger partial charge on any atom is 0.233 e. The lowest BCUT2D eigenvalue weighted by Crippen LogP contribution is -2.31. The number of thiocarbonyl (C=S) groups is 1. The van der Waals surface area contributed by atoms with Crippen molar-refractivity contribution in [1.29, 1.82) is 0 Å². The number of hydrogen-bond donors (Lipinski definition) is 2. The average Bonchev–Trinajstić information content (AvgIpc) is 2.47. The first kappa shape index (κ1) is 15.5. The van der Waals surface area contributed by atoms with E-state index in [-0.39, 0.29) is 17.1 Å². The van der Waals surface area contributed by atoms with E-state index in [9.17, 15) is 0 Å². The summed E-state index contributed by atoms with van der Waals surface area (Å²) < 4.78 is 5.03. The Morgan fingerprint density at radius 1 is 1.29 bits per heavy atom. The van der Waals surface area contributed by atoms with Crippen LogP contribution in [0.3, 0.4) is 0 Å². The molecule has 110 valence electrons. The molecule has 1 atom stereocenters. The second kappa shape index (κ2) is 7.19. The SMILES string of the molecule is COc1cc(Cl)nc(NC(=S)NC(C)c2ccccc2)n1. The maximum atomic E-state index is 5.88. The van der Waals surface area contributed by atoms with Crippen LogP contribution in [-0.4, -0.2) is 22.2 Å². The van der Waals surface area contributed by atoms with Gasteiger partial charge in [0.15, 0.2) is 5.11 Å². The number of hydrogen-bond acceptors (Lipinski definition) is 4. The predicted octanol–water partition coefficient (Wildman–Crippen LogP) is 3.19. The quantitative estimate of drug-likeness (QED) is 0.666. The molecule has 0 aliphatic rings. The average molecular weight is 323 g/mol. The Kier molecular flexibility index (Phi) is 5.30. The van der Waals surface area contributed by atoms with E-state index in [1.807, 2.05) is 37.3 Å². The molecule has 2 N–H and O–H groups in total. The van der Waals surface area contributed by atoms with E-state index < -0.39 is 0 Å². The van der Waals surface area contributed by atoms with Crippen molar-refractivity contribution in [2.45, 2.75) is 13.0 Å². The fourth-order valence-electron chi connectivity index (χ4n) is 1.72. The standard InChI is InChI=1S/C14H15ClN4OS/c1-9(10-6-4-3-5-7-10)16-14(21)19-13-17-11(15)8-12(18-13)20-2/h3-9H,1-2H3,(H2,16,17,18,19,21). The van der Waals surface area contributed by atoms with E-state index in [2.05, 4.69) is 20.6 Å². The molecule has 1 aromatic carbocycles. The monoisotopic (exact) mass is 322 g/mol. The summed E-state index contributed by atoms with van der Waals surface area (Å²) in [5, 5.41) is 6.74. The lowest BCUT2D eigenvalue weighted by atomic mass is 10.1. The molecule has 2 aromatic rings. The Balaban J connectivity index is 2.00. The van der Waals surface area contributed by atoms with Crippen LogP contribution in [0.25, 0.3) is 0 Å². The molecular weight excluding hydrogens is 308 g/mol. The molecule has 0 fully saturated rings. The smallest absolute Gasteiger partial charge is 0.233 e. The molecule has 5 nitrogen and oxygen atoms in total. The third kappa shape index (κ3) is 4.54. The molecule has 2 rings (SSSR count). The zero-order valence-electron chi connectivity index (χ0n) is 11.6. The number of benzene rings is 1. The van der Waals surface area contributed by atoms with Gasteiger partial charge in [0.2, 0.25) is 11.8 Å². The van der Waals surface area contributed by atoms with Crippen LogP contribution in [-0.2, 0) is 0 Å². The van der Waals surface area contributed by atoms with Crippen LogP contribution >= 0.6 is 23.8 Å². The van der Waals surface area contributed by atoms with Crippen LogP contribution in [0.5, 0.6) is 5.88 Å². The summed E-state index contributed by atoms with van der Waals surface area (Å²) in [5.74, 6) is 0.661.